The predicted molar refractivity (Wildman–Crippen MR) is 70.9 cm³/mol. The predicted octanol–water partition coefficient (Wildman–Crippen LogP) is 1.50. The Balaban J connectivity index is 2.69. The van der Waals surface area contributed by atoms with Gasteiger partial charge in [0, 0.05) is 13.1 Å². The average molecular weight is 264 g/mol. The van der Waals surface area contributed by atoms with Crippen LogP contribution in [-0.2, 0) is 9.84 Å². The maximum Gasteiger partial charge on any atom is 0.179 e. The topological polar surface area (TPSA) is 70.0 Å². The zero-order chi connectivity index (χ0) is 13.6. The SMILES string of the molecule is C=C(C)CNCCS(=O)(=O)c1cccc(C#N)c1. The van der Waals surface area contributed by atoms with E-state index in [1.807, 2.05) is 13.0 Å². The van der Waals surface area contributed by atoms with Gasteiger partial charge in [0.15, 0.2) is 9.84 Å². The largest absolute Gasteiger partial charge is 0.312 e. The van der Waals surface area contributed by atoms with E-state index in [-0.39, 0.29) is 10.6 Å². The number of nitrogens with zero attached hydrogens (tertiary/aromatic N) is 1. The third-order valence-electron chi connectivity index (χ3n) is 2.30. The first-order chi connectivity index (χ1) is 8.45. The monoisotopic (exact) mass is 264 g/mol. The maximum atomic E-state index is 12.0. The van der Waals surface area contributed by atoms with E-state index in [9.17, 15) is 8.42 Å². The molecule has 1 aromatic carbocycles. The van der Waals surface area contributed by atoms with Crippen molar-refractivity contribution in [2.24, 2.45) is 0 Å². The molecule has 0 atom stereocenters. The Labute approximate surface area is 108 Å². The number of rotatable bonds is 6. The fourth-order valence-electron chi connectivity index (χ4n) is 1.39. The fourth-order valence-corrected chi connectivity index (χ4v) is 2.63. The molecule has 1 rings (SSSR count). The van der Waals surface area contributed by atoms with E-state index in [2.05, 4.69) is 11.9 Å². The third kappa shape index (κ3) is 4.32. The van der Waals surface area contributed by atoms with Crippen molar-refractivity contribution in [3.05, 3.63) is 42.0 Å². The van der Waals surface area contributed by atoms with Gasteiger partial charge in [-0.25, -0.2) is 8.42 Å². The molecule has 0 saturated carbocycles. The van der Waals surface area contributed by atoms with Crippen molar-refractivity contribution in [2.75, 3.05) is 18.8 Å². The molecule has 1 aromatic rings. The number of hydrogen-bond acceptors (Lipinski definition) is 4. The van der Waals surface area contributed by atoms with Crippen LogP contribution in [0.1, 0.15) is 12.5 Å². The van der Waals surface area contributed by atoms with E-state index in [0.29, 0.717) is 18.7 Å². The van der Waals surface area contributed by atoms with Crippen LogP contribution in [-0.4, -0.2) is 27.3 Å². The van der Waals surface area contributed by atoms with Crippen LogP contribution in [0.15, 0.2) is 41.3 Å². The molecule has 0 aliphatic rings. The second-order valence-electron chi connectivity index (χ2n) is 4.09. The number of hydrogen-bond donors (Lipinski definition) is 1. The van der Waals surface area contributed by atoms with Gasteiger partial charge in [0.1, 0.15) is 0 Å². The lowest BCUT2D eigenvalue weighted by Gasteiger charge is -2.06. The van der Waals surface area contributed by atoms with Gasteiger partial charge in [-0.3, -0.25) is 0 Å². The summed E-state index contributed by atoms with van der Waals surface area (Å²) in [5.41, 5.74) is 1.31. The van der Waals surface area contributed by atoms with Crippen molar-refractivity contribution in [2.45, 2.75) is 11.8 Å². The van der Waals surface area contributed by atoms with Crippen LogP contribution in [0, 0.1) is 11.3 Å². The minimum absolute atomic E-state index is 0.00909. The lowest BCUT2D eigenvalue weighted by atomic mass is 10.2. The maximum absolute atomic E-state index is 12.0. The number of benzene rings is 1. The summed E-state index contributed by atoms with van der Waals surface area (Å²) in [4.78, 5) is 0.193. The molecule has 0 saturated heterocycles. The quantitative estimate of drug-likeness (QED) is 0.624. The Morgan fingerprint density at radius 2 is 2.22 bits per heavy atom. The highest BCUT2D eigenvalue weighted by Gasteiger charge is 2.14. The Morgan fingerprint density at radius 3 is 2.83 bits per heavy atom. The van der Waals surface area contributed by atoms with Gasteiger partial charge in [-0.2, -0.15) is 5.26 Å². The first-order valence-electron chi connectivity index (χ1n) is 5.54. The van der Waals surface area contributed by atoms with Crippen molar-refractivity contribution >= 4 is 9.84 Å². The van der Waals surface area contributed by atoms with E-state index < -0.39 is 9.84 Å². The average Bonchev–Trinajstić information content (AvgIpc) is 2.34. The molecule has 0 bridgehead atoms. The molecule has 0 aromatic heterocycles. The molecule has 0 spiro atoms. The molecule has 0 unspecified atom stereocenters. The van der Waals surface area contributed by atoms with Crippen LogP contribution >= 0.6 is 0 Å². The van der Waals surface area contributed by atoms with Gasteiger partial charge in [0.05, 0.1) is 22.3 Å². The summed E-state index contributed by atoms with van der Waals surface area (Å²) >= 11 is 0. The summed E-state index contributed by atoms with van der Waals surface area (Å²) < 4.78 is 23.9. The highest BCUT2D eigenvalue weighted by molar-refractivity contribution is 7.91. The van der Waals surface area contributed by atoms with Crippen LogP contribution in [0.2, 0.25) is 0 Å². The number of nitriles is 1. The lowest BCUT2D eigenvalue weighted by molar-refractivity contribution is 0.592. The Kier molecular flexibility index (Phi) is 5.08. The molecule has 18 heavy (non-hydrogen) atoms. The smallest absolute Gasteiger partial charge is 0.179 e. The molecule has 0 aliphatic heterocycles. The van der Waals surface area contributed by atoms with E-state index in [0.717, 1.165) is 5.57 Å². The van der Waals surface area contributed by atoms with Crippen LogP contribution < -0.4 is 5.32 Å². The minimum atomic E-state index is -3.33. The fraction of sp³-hybridized carbons (Fsp3) is 0.308. The second kappa shape index (κ2) is 6.34. The summed E-state index contributed by atoms with van der Waals surface area (Å²) in [5, 5.41) is 11.7. The molecule has 0 heterocycles. The van der Waals surface area contributed by atoms with Gasteiger partial charge in [-0.1, -0.05) is 18.2 Å². The third-order valence-corrected chi connectivity index (χ3v) is 4.01. The van der Waals surface area contributed by atoms with Crippen molar-refractivity contribution in [1.29, 1.82) is 5.26 Å². The zero-order valence-electron chi connectivity index (χ0n) is 10.3. The molecule has 4 nitrogen and oxygen atoms in total. The second-order valence-corrected chi connectivity index (χ2v) is 6.20. The van der Waals surface area contributed by atoms with E-state index >= 15 is 0 Å². The van der Waals surface area contributed by atoms with E-state index in [1.165, 1.54) is 12.1 Å². The molecule has 0 aliphatic carbocycles. The van der Waals surface area contributed by atoms with Gasteiger partial charge in [0.2, 0.25) is 0 Å². The first-order valence-corrected chi connectivity index (χ1v) is 7.19. The van der Waals surface area contributed by atoms with Crippen LogP contribution in [0.4, 0.5) is 0 Å². The van der Waals surface area contributed by atoms with Crippen molar-refractivity contribution in [1.82, 2.24) is 5.32 Å². The molecule has 0 fully saturated rings. The van der Waals surface area contributed by atoms with Crippen LogP contribution in [0.25, 0.3) is 0 Å². The summed E-state index contributed by atoms with van der Waals surface area (Å²) in [5.74, 6) is 0.00909. The van der Waals surface area contributed by atoms with Gasteiger partial charge in [-0.05, 0) is 25.1 Å². The van der Waals surface area contributed by atoms with Gasteiger partial charge < -0.3 is 5.32 Å². The summed E-state index contributed by atoms with van der Waals surface area (Å²) in [6.45, 7) is 6.57. The highest BCUT2D eigenvalue weighted by atomic mass is 32.2. The first kappa shape index (κ1) is 14.4. The van der Waals surface area contributed by atoms with Gasteiger partial charge in [0.25, 0.3) is 0 Å². The highest BCUT2D eigenvalue weighted by Crippen LogP contribution is 2.12. The van der Waals surface area contributed by atoms with E-state index in [4.69, 9.17) is 5.26 Å². The van der Waals surface area contributed by atoms with Gasteiger partial charge in [-0.15, -0.1) is 0 Å². The Morgan fingerprint density at radius 1 is 1.50 bits per heavy atom. The van der Waals surface area contributed by atoms with Crippen LogP contribution in [0.5, 0.6) is 0 Å². The summed E-state index contributed by atoms with van der Waals surface area (Å²) in [6.07, 6.45) is 0. The van der Waals surface area contributed by atoms with Crippen LogP contribution in [0.3, 0.4) is 0 Å². The Bertz CT molecular complexity index is 571. The summed E-state index contributed by atoms with van der Waals surface area (Å²) in [6, 6.07) is 7.99. The van der Waals surface area contributed by atoms with E-state index in [1.54, 1.807) is 12.1 Å². The molecule has 96 valence electrons. The standard InChI is InChI=1S/C13H16N2O2S/c1-11(2)10-15-6-7-18(16,17)13-5-3-4-12(8-13)9-14/h3-5,8,15H,1,6-7,10H2,2H3. The van der Waals surface area contributed by atoms with Crippen molar-refractivity contribution < 1.29 is 8.42 Å². The van der Waals surface area contributed by atoms with Crippen molar-refractivity contribution in [3.8, 4) is 6.07 Å². The normalized spacial score (nSPS) is 10.9. The molecule has 0 radical (unpaired) electrons. The number of sulfone groups is 1. The molecule has 0 amide bonds. The van der Waals surface area contributed by atoms with Crippen molar-refractivity contribution in [3.63, 3.8) is 0 Å². The zero-order valence-corrected chi connectivity index (χ0v) is 11.1. The van der Waals surface area contributed by atoms with Gasteiger partial charge >= 0.3 is 0 Å². The summed E-state index contributed by atoms with van der Waals surface area (Å²) in [7, 11) is -3.33. The molecule has 5 heteroatoms. The minimum Gasteiger partial charge on any atom is -0.312 e. The number of nitrogens with one attached hydrogen (secondary N) is 1. The molecular formula is C13H16N2O2S. The molecular weight excluding hydrogens is 248 g/mol. The lowest BCUT2D eigenvalue weighted by Crippen LogP contribution is -2.24. The Hall–Kier alpha value is -1.64. The molecule has 1 N–H and O–H groups in total.